The van der Waals surface area contributed by atoms with Gasteiger partial charge in [-0.05, 0) is 29.8 Å². The summed E-state index contributed by atoms with van der Waals surface area (Å²) < 4.78 is 10.7. The highest BCUT2D eigenvalue weighted by molar-refractivity contribution is 6.83. The summed E-state index contributed by atoms with van der Waals surface area (Å²) in [4.78, 5) is 14.2. The maximum atomic E-state index is 12.8. The van der Waals surface area contributed by atoms with Gasteiger partial charge >= 0.3 is 6.09 Å². The first-order valence-corrected chi connectivity index (χ1v) is 12.2. The molecule has 0 aliphatic carbocycles. The predicted molar refractivity (Wildman–Crippen MR) is 112 cm³/mol. The van der Waals surface area contributed by atoms with Gasteiger partial charge in [-0.25, -0.2) is 9.69 Å². The van der Waals surface area contributed by atoms with Crippen LogP contribution in [0.1, 0.15) is 5.56 Å². The summed E-state index contributed by atoms with van der Waals surface area (Å²) in [5.41, 5.74) is 5.17. The lowest BCUT2D eigenvalue weighted by atomic mass is 10.2. The van der Waals surface area contributed by atoms with Gasteiger partial charge in [-0.15, -0.1) is 5.54 Å². The Labute approximate surface area is 162 Å². The number of amides is 1. The van der Waals surface area contributed by atoms with E-state index in [1.54, 1.807) is 31.4 Å². The van der Waals surface area contributed by atoms with Gasteiger partial charge in [0.1, 0.15) is 20.4 Å². The molecule has 140 valence electrons. The molecule has 2 rings (SSSR count). The number of methoxy groups -OCH3 is 1. The second-order valence-electron chi connectivity index (χ2n) is 7.02. The predicted octanol–water partition coefficient (Wildman–Crippen LogP) is 5.23. The van der Waals surface area contributed by atoms with Crippen LogP contribution >= 0.6 is 0 Å². The van der Waals surface area contributed by atoms with Gasteiger partial charge in [0.05, 0.1) is 18.5 Å². The van der Waals surface area contributed by atoms with Crippen LogP contribution in [0.3, 0.4) is 0 Å². The molecule has 0 spiro atoms. The summed E-state index contributed by atoms with van der Waals surface area (Å²) in [7, 11) is -0.0117. The fourth-order valence-electron chi connectivity index (χ4n) is 2.20. The maximum Gasteiger partial charge on any atom is 0.419 e. The number of carbonyl (C=O) groups excluding carboxylic acids is 1. The zero-order valence-electron chi connectivity index (χ0n) is 16.3. The van der Waals surface area contributed by atoms with E-state index in [9.17, 15) is 4.79 Å². The van der Waals surface area contributed by atoms with Crippen LogP contribution in [-0.4, -0.2) is 21.3 Å². The smallest absolute Gasteiger partial charge is 0.419 e. The molecule has 0 bridgehead atoms. The number of nitrogens with zero attached hydrogens (tertiary/aromatic N) is 1. The summed E-state index contributed by atoms with van der Waals surface area (Å²) in [6.45, 7) is 10.6. The van der Waals surface area contributed by atoms with Gasteiger partial charge < -0.3 is 9.47 Å². The number of hydrogen-bond donors (Lipinski definition) is 0. The molecule has 0 atom stereocenters. The van der Waals surface area contributed by atoms with E-state index in [4.69, 9.17) is 9.47 Å². The monoisotopic (exact) mass is 379 g/mol. The van der Waals surface area contributed by atoms with E-state index in [1.807, 2.05) is 30.3 Å². The molecule has 0 aliphatic rings. The van der Waals surface area contributed by atoms with Crippen molar-refractivity contribution in [1.82, 2.24) is 0 Å². The summed E-state index contributed by atoms with van der Waals surface area (Å²) in [5, 5.41) is 0. The molecule has 0 unspecified atom stereocenters. The standard InChI is InChI=1S/C22H25NO3Si/c1-18(15-16-27(3,4)5)23(20-11-13-21(25-2)14-12-20)22(24)26-17-19-9-7-6-8-10-19/h6-14H,1,17H2,2-5H3. The minimum atomic E-state index is -1.61. The molecule has 2 aromatic carbocycles. The lowest BCUT2D eigenvalue weighted by molar-refractivity contribution is 0.149. The van der Waals surface area contributed by atoms with E-state index >= 15 is 0 Å². The van der Waals surface area contributed by atoms with Crippen molar-refractivity contribution in [3.8, 4) is 17.2 Å². The van der Waals surface area contributed by atoms with E-state index in [-0.39, 0.29) is 6.61 Å². The SMILES string of the molecule is C=C(C#C[Si](C)(C)C)N(C(=O)OCc1ccccc1)c1ccc(OC)cc1. The second-order valence-corrected chi connectivity index (χ2v) is 11.8. The highest BCUT2D eigenvalue weighted by Gasteiger charge is 2.20. The molecule has 0 saturated carbocycles. The van der Waals surface area contributed by atoms with Crippen molar-refractivity contribution < 1.29 is 14.3 Å². The Bertz CT molecular complexity index is 843. The molecule has 0 saturated heterocycles. The average molecular weight is 380 g/mol. The van der Waals surface area contributed by atoms with E-state index in [0.29, 0.717) is 17.1 Å². The van der Waals surface area contributed by atoms with E-state index in [1.165, 1.54) is 4.90 Å². The average Bonchev–Trinajstić information content (AvgIpc) is 2.66. The highest BCUT2D eigenvalue weighted by atomic mass is 28.3. The number of carbonyl (C=O) groups is 1. The van der Waals surface area contributed by atoms with Crippen molar-refractivity contribution in [2.24, 2.45) is 0 Å². The largest absolute Gasteiger partial charge is 0.497 e. The Balaban J connectivity index is 2.25. The van der Waals surface area contributed by atoms with Crippen LogP contribution in [0.15, 0.2) is 66.9 Å². The summed E-state index contributed by atoms with van der Waals surface area (Å²) in [6, 6.07) is 16.7. The van der Waals surface area contributed by atoms with Crippen molar-refractivity contribution in [1.29, 1.82) is 0 Å². The second kappa shape index (κ2) is 9.11. The van der Waals surface area contributed by atoms with Crippen LogP contribution < -0.4 is 9.64 Å². The summed E-state index contributed by atoms with van der Waals surface area (Å²) >= 11 is 0. The van der Waals surface area contributed by atoms with Crippen LogP contribution in [-0.2, 0) is 11.3 Å². The molecule has 0 heterocycles. The molecule has 4 nitrogen and oxygen atoms in total. The molecule has 0 fully saturated rings. The van der Waals surface area contributed by atoms with E-state index in [2.05, 4.69) is 37.7 Å². The minimum absolute atomic E-state index is 0.182. The molecular formula is C22H25NO3Si. The van der Waals surface area contributed by atoms with Gasteiger partial charge in [0, 0.05) is 0 Å². The fraction of sp³-hybridized carbons (Fsp3) is 0.227. The summed E-state index contributed by atoms with van der Waals surface area (Å²) in [6.07, 6.45) is -0.515. The van der Waals surface area contributed by atoms with Crippen LogP contribution in [0, 0.1) is 11.5 Å². The fourth-order valence-corrected chi connectivity index (χ4v) is 2.72. The molecule has 1 amide bonds. The van der Waals surface area contributed by atoms with Crippen molar-refractivity contribution in [3.63, 3.8) is 0 Å². The first-order valence-electron chi connectivity index (χ1n) is 8.67. The van der Waals surface area contributed by atoms with Crippen LogP contribution in [0.4, 0.5) is 10.5 Å². The zero-order valence-corrected chi connectivity index (χ0v) is 17.3. The highest BCUT2D eigenvalue weighted by Crippen LogP contribution is 2.23. The number of anilines is 1. The quantitative estimate of drug-likeness (QED) is 0.527. The van der Waals surface area contributed by atoms with Gasteiger partial charge in [-0.3, -0.25) is 0 Å². The molecule has 0 aromatic heterocycles. The number of benzene rings is 2. The van der Waals surface area contributed by atoms with Crippen molar-refractivity contribution >= 4 is 19.9 Å². The molecule has 27 heavy (non-hydrogen) atoms. The lowest BCUT2D eigenvalue weighted by Crippen LogP contribution is -2.30. The van der Waals surface area contributed by atoms with E-state index < -0.39 is 14.2 Å². The Hall–Kier alpha value is -2.97. The Morgan fingerprint density at radius 3 is 2.26 bits per heavy atom. The van der Waals surface area contributed by atoms with Crippen molar-refractivity contribution in [2.75, 3.05) is 12.0 Å². The Morgan fingerprint density at radius 2 is 1.70 bits per heavy atom. The molecule has 2 aromatic rings. The van der Waals surface area contributed by atoms with Crippen LogP contribution in [0.5, 0.6) is 5.75 Å². The topological polar surface area (TPSA) is 38.8 Å². The third-order valence-corrected chi connectivity index (χ3v) is 4.45. The number of ether oxygens (including phenoxy) is 2. The summed E-state index contributed by atoms with van der Waals surface area (Å²) in [5.74, 6) is 3.74. The molecule has 5 heteroatoms. The Morgan fingerprint density at radius 1 is 1.07 bits per heavy atom. The lowest BCUT2D eigenvalue weighted by Gasteiger charge is -2.22. The van der Waals surface area contributed by atoms with Gasteiger partial charge in [0.2, 0.25) is 0 Å². The first-order chi connectivity index (χ1) is 12.8. The van der Waals surface area contributed by atoms with Crippen LogP contribution in [0.2, 0.25) is 19.6 Å². The third kappa shape index (κ3) is 6.35. The van der Waals surface area contributed by atoms with Gasteiger partial charge in [0.15, 0.2) is 0 Å². The normalized spacial score (nSPS) is 10.4. The van der Waals surface area contributed by atoms with Gasteiger partial charge in [0.25, 0.3) is 0 Å². The molecular weight excluding hydrogens is 354 g/mol. The van der Waals surface area contributed by atoms with Gasteiger partial charge in [-0.2, -0.15) is 0 Å². The number of allylic oxidation sites excluding steroid dienone is 1. The molecule has 0 N–H and O–H groups in total. The number of hydrogen-bond acceptors (Lipinski definition) is 3. The third-order valence-electron chi connectivity index (χ3n) is 3.57. The first kappa shape index (κ1) is 20.3. The van der Waals surface area contributed by atoms with Crippen LogP contribution in [0.25, 0.3) is 0 Å². The molecule has 0 aliphatic heterocycles. The molecule has 0 radical (unpaired) electrons. The minimum Gasteiger partial charge on any atom is -0.497 e. The van der Waals surface area contributed by atoms with Crippen molar-refractivity contribution in [2.45, 2.75) is 26.2 Å². The zero-order chi connectivity index (χ0) is 19.9. The maximum absolute atomic E-state index is 12.8. The van der Waals surface area contributed by atoms with Gasteiger partial charge in [-0.1, -0.05) is 62.5 Å². The van der Waals surface area contributed by atoms with Crippen molar-refractivity contribution in [3.05, 3.63) is 72.4 Å². The van der Waals surface area contributed by atoms with E-state index in [0.717, 1.165) is 5.56 Å². The number of rotatable bonds is 5. The Kier molecular flexibility index (Phi) is 6.86.